The highest BCUT2D eigenvalue weighted by molar-refractivity contribution is 5.91. The van der Waals surface area contributed by atoms with Gasteiger partial charge in [0.25, 0.3) is 5.91 Å². The zero-order valence-electron chi connectivity index (χ0n) is 15.4. The van der Waals surface area contributed by atoms with Gasteiger partial charge in [-0.1, -0.05) is 66.7 Å². The SMILES string of the molecule is O=C(C[NH2+]C(c1ccccc1)c1ccccc1)Nc1ccc2c(c1)CCC2. The molecule has 3 aromatic rings. The molecule has 3 N–H and O–H groups in total. The fraction of sp³-hybridized carbons (Fsp3) is 0.208. The average molecular weight is 357 g/mol. The number of benzene rings is 3. The second kappa shape index (κ2) is 8.19. The molecule has 136 valence electrons. The first-order valence-corrected chi connectivity index (χ1v) is 9.64. The van der Waals surface area contributed by atoms with Crippen LogP contribution in [-0.4, -0.2) is 12.5 Å². The molecule has 0 atom stereocenters. The average Bonchev–Trinajstić information content (AvgIpc) is 3.18. The summed E-state index contributed by atoms with van der Waals surface area (Å²) in [5, 5.41) is 5.16. The van der Waals surface area contributed by atoms with E-state index in [1.54, 1.807) is 0 Å². The third-order valence-electron chi connectivity index (χ3n) is 5.24. The molecule has 3 heteroatoms. The van der Waals surface area contributed by atoms with Crippen LogP contribution in [0.1, 0.15) is 34.7 Å². The van der Waals surface area contributed by atoms with Crippen molar-refractivity contribution in [3.05, 3.63) is 101 Å². The Balaban J connectivity index is 1.44. The van der Waals surface area contributed by atoms with Crippen molar-refractivity contribution in [3.63, 3.8) is 0 Å². The predicted molar refractivity (Wildman–Crippen MR) is 109 cm³/mol. The summed E-state index contributed by atoms with van der Waals surface area (Å²) in [6.07, 6.45) is 3.50. The smallest absolute Gasteiger partial charge is 0.279 e. The fourth-order valence-corrected chi connectivity index (χ4v) is 3.87. The van der Waals surface area contributed by atoms with Gasteiger partial charge < -0.3 is 10.6 Å². The number of hydrogen-bond acceptors (Lipinski definition) is 1. The van der Waals surface area contributed by atoms with Crippen molar-refractivity contribution < 1.29 is 10.1 Å². The topological polar surface area (TPSA) is 45.7 Å². The van der Waals surface area contributed by atoms with Gasteiger partial charge in [0.2, 0.25) is 0 Å². The first kappa shape index (κ1) is 17.5. The maximum Gasteiger partial charge on any atom is 0.279 e. The third-order valence-corrected chi connectivity index (χ3v) is 5.24. The van der Waals surface area contributed by atoms with E-state index < -0.39 is 0 Å². The van der Waals surface area contributed by atoms with Crippen LogP contribution in [0.3, 0.4) is 0 Å². The van der Waals surface area contributed by atoms with E-state index in [0.29, 0.717) is 6.54 Å². The van der Waals surface area contributed by atoms with Gasteiger partial charge in [-0.15, -0.1) is 0 Å². The van der Waals surface area contributed by atoms with Crippen LogP contribution in [0, 0.1) is 0 Å². The Morgan fingerprint density at radius 2 is 1.48 bits per heavy atom. The quantitative estimate of drug-likeness (QED) is 0.697. The zero-order valence-corrected chi connectivity index (χ0v) is 15.4. The van der Waals surface area contributed by atoms with Gasteiger partial charge in [-0.2, -0.15) is 0 Å². The van der Waals surface area contributed by atoms with Crippen molar-refractivity contribution in [3.8, 4) is 0 Å². The molecule has 0 spiro atoms. The van der Waals surface area contributed by atoms with Crippen LogP contribution in [0.2, 0.25) is 0 Å². The highest BCUT2D eigenvalue weighted by Crippen LogP contribution is 2.24. The van der Waals surface area contributed by atoms with Crippen LogP contribution >= 0.6 is 0 Å². The van der Waals surface area contributed by atoms with Crippen LogP contribution in [0.5, 0.6) is 0 Å². The molecular formula is C24H25N2O+. The molecule has 1 amide bonds. The maximum atomic E-state index is 12.5. The summed E-state index contributed by atoms with van der Waals surface area (Å²) in [5.74, 6) is 0.0322. The summed E-state index contributed by atoms with van der Waals surface area (Å²) in [7, 11) is 0. The Morgan fingerprint density at radius 1 is 0.852 bits per heavy atom. The van der Waals surface area contributed by atoms with Crippen LogP contribution in [-0.2, 0) is 17.6 Å². The Hall–Kier alpha value is -2.91. The molecule has 1 aliphatic carbocycles. The van der Waals surface area contributed by atoms with E-state index in [0.717, 1.165) is 18.5 Å². The molecule has 0 radical (unpaired) electrons. The molecule has 0 aromatic heterocycles. The predicted octanol–water partition coefficient (Wildman–Crippen LogP) is 3.47. The second-order valence-corrected chi connectivity index (χ2v) is 7.12. The fourth-order valence-electron chi connectivity index (χ4n) is 3.87. The minimum atomic E-state index is 0.0322. The van der Waals surface area contributed by atoms with Crippen LogP contribution in [0.4, 0.5) is 5.69 Å². The molecule has 0 saturated carbocycles. The number of anilines is 1. The number of hydrogen-bond donors (Lipinski definition) is 2. The summed E-state index contributed by atoms with van der Waals surface area (Å²) in [4.78, 5) is 12.5. The van der Waals surface area contributed by atoms with E-state index in [4.69, 9.17) is 0 Å². The normalized spacial score (nSPS) is 12.8. The number of quaternary nitrogens is 1. The first-order valence-electron chi connectivity index (χ1n) is 9.64. The van der Waals surface area contributed by atoms with Crippen molar-refractivity contribution in [2.75, 3.05) is 11.9 Å². The molecule has 0 bridgehead atoms. The van der Waals surface area contributed by atoms with Crippen molar-refractivity contribution in [2.45, 2.75) is 25.3 Å². The summed E-state index contributed by atoms with van der Waals surface area (Å²) < 4.78 is 0. The van der Waals surface area contributed by atoms with E-state index in [1.165, 1.54) is 28.7 Å². The summed E-state index contributed by atoms with van der Waals surface area (Å²) >= 11 is 0. The van der Waals surface area contributed by atoms with Gasteiger partial charge in [-0.05, 0) is 42.5 Å². The molecule has 0 unspecified atom stereocenters. The van der Waals surface area contributed by atoms with Crippen LogP contribution in [0.15, 0.2) is 78.9 Å². The number of nitrogens with one attached hydrogen (secondary N) is 1. The second-order valence-electron chi connectivity index (χ2n) is 7.12. The minimum Gasteiger partial charge on any atom is -0.328 e. The van der Waals surface area contributed by atoms with Gasteiger partial charge in [-0.25, -0.2) is 0 Å². The number of amides is 1. The number of carbonyl (C=O) groups excluding carboxylic acids is 1. The summed E-state index contributed by atoms with van der Waals surface area (Å²) in [6, 6.07) is 27.1. The van der Waals surface area contributed by atoms with Crippen molar-refractivity contribution in [1.82, 2.24) is 0 Å². The van der Waals surface area contributed by atoms with Gasteiger partial charge in [-0.3, -0.25) is 4.79 Å². The number of fused-ring (bicyclic) bond motifs is 1. The molecule has 0 heterocycles. The molecule has 0 saturated heterocycles. The van der Waals surface area contributed by atoms with Gasteiger partial charge in [0.05, 0.1) is 0 Å². The first-order chi connectivity index (χ1) is 13.3. The molecule has 4 rings (SSSR count). The Morgan fingerprint density at radius 3 is 2.15 bits per heavy atom. The van der Waals surface area contributed by atoms with Crippen molar-refractivity contribution in [2.24, 2.45) is 0 Å². The molecular weight excluding hydrogens is 332 g/mol. The maximum absolute atomic E-state index is 12.5. The molecule has 0 aliphatic heterocycles. The van der Waals surface area contributed by atoms with Crippen LogP contribution < -0.4 is 10.6 Å². The largest absolute Gasteiger partial charge is 0.328 e. The zero-order chi connectivity index (χ0) is 18.5. The van der Waals surface area contributed by atoms with Gasteiger partial charge >= 0.3 is 0 Å². The third kappa shape index (κ3) is 4.26. The van der Waals surface area contributed by atoms with E-state index in [1.807, 2.05) is 42.5 Å². The molecule has 1 aliphatic rings. The molecule has 3 nitrogen and oxygen atoms in total. The van der Waals surface area contributed by atoms with Crippen LogP contribution in [0.25, 0.3) is 0 Å². The molecule has 0 fully saturated rings. The van der Waals surface area contributed by atoms with Gasteiger partial charge in [0, 0.05) is 16.8 Å². The number of carbonyl (C=O) groups is 1. The number of rotatable bonds is 6. The minimum absolute atomic E-state index is 0.0322. The highest BCUT2D eigenvalue weighted by atomic mass is 16.1. The monoisotopic (exact) mass is 357 g/mol. The van der Waals surface area contributed by atoms with Crippen molar-refractivity contribution in [1.29, 1.82) is 0 Å². The highest BCUT2D eigenvalue weighted by Gasteiger charge is 2.19. The Bertz CT molecular complexity index is 867. The Labute approximate surface area is 160 Å². The number of nitrogens with two attached hydrogens (primary N) is 1. The van der Waals surface area contributed by atoms with Gasteiger partial charge in [0.1, 0.15) is 6.04 Å². The van der Waals surface area contributed by atoms with Crippen molar-refractivity contribution >= 4 is 11.6 Å². The number of aryl methyl sites for hydroxylation is 2. The Kier molecular flexibility index (Phi) is 5.31. The summed E-state index contributed by atoms with van der Waals surface area (Å²) in [6.45, 7) is 0.380. The summed E-state index contributed by atoms with van der Waals surface area (Å²) in [5.41, 5.74) is 6.11. The lowest BCUT2D eigenvalue weighted by atomic mass is 9.99. The van der Waals surface area contributed by atoms with E-state index in [2.05, 4.69) is 47.0 Å². The standard InChI is InChI=1S/C24H24N2O/c27-23(26-22-15-14-18-12-7-13-21(18)16-22)17-25-24(19-8-3-1-4-9-19)20-10-5-2-6-11-20/h1-6,8-11,14-16,24-25H,7,12-13,17H2,(H,26,27)/p+1. The van der Waals surface area contributed by atoms with E-state index in [9.17, 15) is 4.79 Å². The van der Waals surface area contributed by atoms with Gasteiger partial charge in [0.15, 0.2) is 6.54 Å². The van der Waals surface area contributed by atoms with E-state index >= 15 is 0 Å². The lowest BCUT2D eigenvalue weighted by Crippen LogP contribution is -2.87. The lowest BCUT2D eigenvalue weighted by molar-refractivity contribution is -0.676. The molecule has 27 heavy (non-hydrogen) atoms. The lowest BCUT2D eigenvalue weighted by Gasteiger charge is -2.16. The van der Waals surface area contributed by atoms with E-state index in [-0.39, 0.29) is 11.9 Å². The molecule has 3 aromatic carbocycles.